The maximum Gasteiger partial charge on any atom is 0.321 e. The maximum absolute atomic E-state index is 12.7. The van der Waals surface area contributed by atoms with Crippen LogP contribution >= 0.6 is 0 Å². The summed E-state index contributed by atoms with van der Waals surface area (Å²) in [4.78, 5) is 22.9. The lowest BCUT2D eigenvalue weighted by molar-refractivity contribution is 0.125. The second kappa shape index (κ2) is 5.89. The van der Waals surface area contributed by atoms with Gasteiger partial charge in [-0.25, -0.2) is 14.8 Å². The molecule has 2 fully saturated rings. The minimum atomic E-state index is -0.0489. The van der Waals surface area contributed by atoms with Crippen LogP contribution in [0.3, 0.4) is 0 Å². The number of anilines is 1. The zero-order chi connectivity index (χ0) is 16.6. The van der Waals surface area contributed by atoms with Gasteiger partial charge in [0, 0.05) is 19.0 Å². The van der Waals surface area contributed by atoms with Crippen molar-refractivity contribution >= 4 is 11.7 Å². The molecule has 1 spiro atoms. The highest BCUT2D eigenvalue weighted by molar-refractivity contribution is 5.89. The van der Waals surface area contributed by atoms with Gasteiger partial charge in [-0.3, -0.25) is 0 Å². The standard InChI is InChI=1S/C19H22N4O/c1-14-20-10-16(11-21-14)22-18(24)23-12-17(15-6-3-2-4-7-15)19(13-23)8-5-9-19/h2-4,6-7,10-11,17H,5,8-9,12-13H2,1H3,(H,22,24)/t17-/m0/s1. The number of nitrogens with one attached hydrogen (secondary N) is 1. The van der Waals surface area contributed by atoms with Crippen molar-refractivity contribution in [3.8, 4) is 0 Å². The Morgan fingerprint density at radius 3 is 2.54 bits per heavy atom. The van der Waals surface area contributed by atoms with Crippen molar-refractivity contribution in [1.29, 1.82) is 0 Å². The van der Waals surface area contributed by atoms with Crippen molar-refractivity contribution in [1.82, 2.24) is 14.9 Å². The van der Waals surface area contributed by atoms with Gasteiger partial charge in [-0.05, 0) is 30.7 Å². The van der Waals surface area contributed by atoms with Crippen LogP contribution in [0.25, 0.3) is 0 Å². The molecule has 2 aliphatic rings. The monoisotopic (exact) mass is 322 g/mol. The van der Waals surface area contributed by atoms with E-state index in [1.165, 1.54) is 24.8 Å². The topological polar surface area (TPSA) is 58.1 Å². The molecule has 1 aromatic carbocycles. The molecule has 0 unspecified atom stereocenters. The fraction of sp³-hybridized carbons (Fsp3) is 0.421. The second-order valence-corrected chi connectivity index (χ2v) is 7.01. The molecule has 0 bridgehead atoms. The summed E-state index contributed by atoms with van der Waals surface area (Å²) in [5.74, 6) is 1.14. The fourth-order valence-electron chi connectivity index (χ4n) is 4.07. The van der Waals surface area contributed by atoms with E-state index in [1.807, 2.05) is 17.9 Å². The number of hydrogen-bond acceptors (Lipinski definition) is 3. The smallest absolute Gasteiger partial charge is 0.321 e. The quantitative estimate of drug-likeness (QED) is 0.919. The average molecular weight is 322 g/mol. The molecule has 24 heavy (non-hydrogen) atoms. The van der Waals surface area contributed by atoms with E-state index in [-0.39, 0.29) is 11.4 Å². The van der Waals surface area contributed by atoms with Crippen LogP contribution in [0.5, 0.6) is 0 Å². The van der Waals surface area contributed by atoms with Crippen LogP contribution in [0.4, 0.5) is 10.5 Å². The molecule has 2 aromatic rings. The van der Waals surface area contributed by atoms with Crippen LogP contribution in [0.1, 0.15) is 36.6 Å². The van der Waals surface area contributed by atoms with Gasteiger partial charge >= 0.3 is 6.03 Å². The van der Waals surface area contributed by atoms with E-state index in [9.17, 15) is 4.79 Å². The number of aromatic nitrogens is 2. The van der Waals surface area contributed by atoms with E-state index in [0.29, 0.717) is 17.4 Å². The van der Waals surface area contributed by atoms with Gasteiger partial charge in [0.2, 0.25) is 0 Å². The van der Waals surface area contributed by atoms with Gasteiger partial charge in [-0.15, -0.1) is 0 Å². The number of amides is 2. The molecule has 1 N–H and O–H groups in total. The van der Waals surface area contributed by atoms with Gasteiger partial charge in [0.05, 0.1) is 18.1 Å². The molecule has 1 atom stereocenters. The predicted octanol–water partition coefficient (Wildman–Crippen LogP) is 3.59. The van der Waals surface area contributed by atoms with Gasteiger partial charge in [0.1, 0.15) is 5.82 Å². The van der Waals surface area contributed by atoms with Crippen LogP contribution in [0.15, 0.2) is 42.7 Å². The molecule has 2 amide bonds. The lowest BCUT2D eigenvalue weighted by atomic mass is 9.61. The Hall–Kier alpha value is -2.43. The molecule has 1 saturated carbocycles. The van der Waals surface area contributed by atoms with Crippen molar-refractivity contribution in [2.75, 3.05) is 18.4 Å². The summed E-state index contributed by atoms with van der Waals surface area (Å²) in [6, 6.07) is 10.6. The minimum absolute atomic E-state index is 0.0489. The molecular formula is C19H22N4O. The van der Waals surface area contributed by atoms with E-state index >= 15 is 0 Å². The molecule has 0 radical (unpaired) electrons. The molecule has 1 aliphatic carbocycles. The first-order valence-electron chi connectivity index (χ1n) is 8.56. The van der Waals surface area contributed by atoms with Crippen LogP contribution in [0.2, 0.25) is 0 Å². The Morgan fingerprint density at radius 1 is 1.21 bits per heavy atom. The van der Waals surface area contributed by atoms with Crippen molar-refractivity contribution < 1.29 is 4.79 Å². The third-order valence-corrected chi connectivity index (χ3v) is 5.52. The summed E-state index contributed by atoms with van der Waals surface area (Å²) < 4.78 is 0. The van der Waals surface area contributed by atoms with Crippen molar-refractivity contribution in [2.45, 2.75) is 32.1 Å². The maximum atomic E-state index is 12.7. The number of carbonyl (C=O) groups excluding carboxylic acids is 1. The van der Waals surface area contributed by atoms with E-state index in [0.717, 1.165) is 13.1 Å². The van der Waals surface area contributed by atoms with E-state index < -0.39 is 0 Å². The molecule has 4 rings (SSSR count). The number of urea groups is 1. The Bertz CT molecular complexity index is 725. The fourth-order valence-corrected chi connectivity index (χ4v) is 4.07. The third kappa shape index (κ3) is 2.64. The summed E-state index contributed by atoms with van der Waals surface area (Å²) in [6.45, 7) is 3.45. The van der Waals surface area contributed by atoms with Crippen LogP contribution in [-0.4, -0.2) is 34.0 Å². The first-order chi connectivity index (χ1) is 11.7. The molecule has 1 saturated heterocycles. The summed E-state index contributed by atoms with van der Waals surface area (Å²) in [5, 5.41) is 2.93. The number of hydrogen-bond donors (Lipinski definition) is 1. The zero-order valence-electron chi connectivity index (χ0n) is 13.9. The summed E-state index contributed by atoms with van der Waals surface area (Å²) >= 11 is 0. The molecule has 2 heterocycles. The zero-order valence-corrected chi connectivity index (χ0v) is 13.9. The van der Waals surface area contributed by atoms with Gasteiger partial charge in [0.25, 0.3) is 0 Å². The van der Waals surface area contributed by atoms with Crippen molar-refractivity contribution in [2.24, 2.45) is 5.41 Å². The third-order valence-electron chi connectivity index (χ3n) is 5.52. The van der Waals surface area contributed by atoms with Crippen LogP contribution in [-0.2, 0) is 0 Å². The molecule has 1 aromatic heterocycles. The average Bonchev–Trinajstić information content (AvgIpc) is 2.99. The number of benzene rings is 1. The number of rotatable bonds is 2. The highest BCUT2D eigenvalue weighted by Gasteiger charge is 2.51. The van der Waals surface area contributed by atoms with Gasteiger partial charge in [0.15, 0.2) is 0 Å². The Morgan fingerprint density at radius 2 is 1.92 bits per heavy atom. The predicted molar refractivity (Wildman–Crippen MR) is 92.8 cm³/mol. The van der Waals surface area contributed by atoms with Gasteiger partial charge in [-0.1, -0.05) is 36.8 Å². The van der Waals surface area contributed by atoms with Gasteiger partial charge in [-0.2, -0.15) is 0 Å². The lowest BCUT2D eigenvalue weighted by Gasteiger charge is -2.43. The normalized spacial score (nSPS) is 21.5. The number of carbonyl (C=O) groups is 1. The van der Waals surface area contributed by atoms with E-state index in [4.69, 9.17) is 0 Å². The SMILES string of the molecule is Cc1ncc(NC(=O)N2C[C@@H](c3ccccc3)C3(CCC3)C2)cn1. The van der Waals surface area contributed by atoms with Crippen LogP contribution in [0, 0.1) is 12.3 Å². The Balaban J connectivity index is 1.51. The summed E-state index contributed by atoms with van der Waals surface area (Å²) in [7, 11) is 0. The first kappa shape index (κ1) is 15.1. The van der Waals surface area contributed by atoms with Crippen molar-refractivity contribution in [3.63, 3.8) is 0 Å². The first-order valence-corrected chi connectivity index (χ1v) is 8.56. The van der Waals surface area contributed by atoms with E-state index in [2.05, 4.69) is 39.6 Å². The number of aryl methyl sites for hydroxylation is 1. The molecule has 1 aliphatic heterocycles. The summed E-state index contributed by atoms with van der Waals surface area (Å²) in [6.07, 6.45) is 7.01. The lowest BCUT2D eigenvalue weighted by Crippen LogP contribution is -2.39. The van der Waals surface area contributed by atoms with Crippen LogP contribution < -0.4 is 5.32 Å². The minimum Gasteiger partial charge on any atom is -0.323 e. The highest BCUT2D eigenvalue weighted by atomic mass is 16.2. The molecular weight excluding hydrogens is 300 g/mol. The Labute approximate surface area is 142 Å². The Kier molecular flexibility index (Phi) is 3.71. The molecule has 5 nitrogen and oxygen atoms in total. The second-order valence-electron chi connectivity index (χ2n) is 7.01. The largest absolute Gasteiger partial charge is 0.323 e. The highest BCUT2D eigenvalue weighted by Crippen LogP contribution is 2.55. The van der Waals surface area contributed by atoms with Crippen molar-refractivity contribution in [3.05, 3.63) is 54.1 Å². The van der Waals surface area contributed by atoms with Gasteiger partial charge < -0.3 is 10.2 Å². The molecule has 5 heteroatoms. The molecule has 124 valence electrons. The van der Waals surface area contributed by atoms with E-state index in [1.54, 1.807) is 12.4 Å². The number of likely N-dealkylation sites (tertiary alicyclic amines) is 1. The number of nitrogens with zero attached hydrogens (tertiary/aromatic N) is 3. The summed E-state index contributed by atoms with van der Waals surface area (Å²) in [5.41, 5.74) is 2.27.